The third-order valence-electron chi connectivity index (χ3n) is 1.97. The van der Waals surface area contributed by atoms with Crippen LogP contribution in [0.1, 0.15) is 26.2 Å². The van der Waals surface area contributed by atoms with E-state index in [0.29, 0.717) is 26.0 Å². The Bertz CT molecular complexity index is 204. The van der Waals surface area contributed by atoms with Crippen LogP contribution in [0.25, 0.3) is 0 Å². The molecular weight excluding hydrogens is 202 g/mol. The predicted molar refractivity (Wildman–Crippen MR) is 54.7 cm³/mol. The molecule has 0 aromatic rings. The van der Waals surface area contributed by atoms with Gasteiger partial charge in [0.1, 0.15) is 0 Å². The Balaban J connectivity index is 2.11. The van der Waals surface area contributed by atoms with Gasteiger partial charge in [-0.3, -0.25) is 14.5 Å². The summed E-state index contributed by atoms with van der Waals surface area (Å²) in [5.74, 6) is 0.762. The van der Waals surface area contributed by atoms with Gasteiger partial charge in [0.05, 0.1) is 6.61 Å². The Morgan fingerprint density at radius 2 is 2.00 bits per heavy atom. The molecule has 0 aromatic carbocycles. The van der Waals surface area contributed by atoms with E-state index in [-0.39, 0.29) is 11.8 Å². The van der Waals surface area contributed by atoms with Crippen molar-refractivity contribution in [3.05, 3.63) is 0 Å². The zero-order valence-electron chi connectivity index (χ0n) is 8.32. The van der Waals surface area contributed by atoms with Crippen molar-refractivity contribution in [1.82, 2.24) is 4.90 Å². The lowest BCUT2D eigenvalue weighted by Gasteiger charge is -2.12. The molecule has 1 heterocycles. The molecular formula is C9H15NO3S. The molecule has 0 spiro atoms. The highest BCUT2D eigenvalue weighted by atomic mass is 32.2. The van der Waals surface area contributed by atoms with Gasteiger partial charge in [0.15, 0.2) is 0 Å². The number of carbonyl (C=O) groups excluding carboxylic acids is 2. The van der Waals surface area contributed by atoms with Crippen LogP contribution in [0.2, 0.25) is 0 Å². The fourth-order valence-electron chi connectivity index (χ4n) is 1.30. The predicted octanol–water partition coefficient (Wildman–Crippen LogP) is 1.21. The standard InChI is InChI=1S/C9H15NO3S/c1-2-13-14-7-3-6-10-8(11)4-5-9(10)12/h2-7H2,1H3. The first-order valence-corrected chi connectivity index (χ1v) is 5.74. The summed E-state index contributed by atoms with van der Waals surface area (Å²) in [7, 11) is 0. The van der Waals surface area contributed by atoms with Gasteiger partial charge < -0.3 is 4.18 Å². The zero-order chi connectivity index (χ0) is 10.4. The van der Waals surface area contributed by atoms with Crippen molar-refractivity contribution in [2.45, 2.75) is 26.2 Å². The Kier molecular flexibility index (Phi) is 4.97. The molecule has 0 radical (unpaired) electrons. The SMILES string of the molecule is CCOSCCCN1C(=O)CCC1=O. The third kappa shape index (κ3) is 3.31. The number of rotatable bonds is 6. The summed E-state index contributed by atoms with van der Waals surface area (Å²) >= 11 is 1.39. The topological polar surface area (TPSA) is 46.6 Å². The third-order valence-corrected chi connectivity index (χ3v) is 2.82. The lowest BCUT2D eigenvalue weighted by molar-refractivity contribution is -0.138. The molecule has 4 nitrogen and oxygen atoms in total. The summed E-state index contributed by atoms with van der Waals surface area (Å²) in [6, 6.07) is 0. The van der Waals surface area contributed by atoms with Gasteiger partial charge in [-0.25, -0.2) is 0 Å². The van der Waals surface area contributed by atoms with Crippen molar-refractivity contribution in [2.24, 2.45) is 0 Å². The van der Waals surface area contributed by atoms with Crippen molar-refractivity contribution in [3.63, 3.8) is 0 Å². The number of hydrogen-bond donors (Lipinski definition) is 0. The van der Waals surface area contributed by atoms with Gasteiger partial charge in [-0.15, -0.1) is 0 Å². The van der Waals surface area contributed by atoms with Crippen LogP contribution in [0, 0.1) is 0 Å². The van der Waals surface area contributed by atoms with Gasteiger partial charge in [-0.05, 0) is 25.4 Å². The molecule has 1 rings (SSSR count). The van der Waals surface area contributed by atoms with E-state index in [1.165, 1.54) is 16.9 Å². The number of hydrogen-bond acceptors (Lipinski definition) is 4. The quantitative estimate of drug-likeness (QED) is 0.381. The molecule has 0 atom stereocenters. The summed E-state index contributed by atoms with van der Waals surface area (Å²) in [5.41, 5.74) is 0. The Morgan fingerprint density at radius 1 is 1.36 bits per heavy atom. The van der Waals surface area contributed by atoms with Crippen LogP contribution in [0.4, 0.5) is 0 Å². The van der Waals surface area contributed by atoms with Crippen molar-refractivity contribution < 1.29 is 13.8 Å². The summed E-state index contributed by atoms with van der Waals surface area (Å²) in [6.45, 7) is 3.16. The zero-order valence-corrected chi connectivity index (χ0v) is 9.14. The van der Waals surface area contributed by atoms with Gasteiger partial charge in [0, 0.05) is 25.1 Å². The van der Waals surface area contributed by atoms with Crippen molar-refractivity contribution >= 4 is 23.9 Å². The van der Waals surface area contributed by atoms with Crippen LogP contribution < -0.4 is 0 Å². The maximum Gasteiger partial charge on any atom is 0.229 e. The van der Waals surface area contributed by atoms with Gasteiger partial charge in [0.25, 0.3) is 0 Å². The van der Waals surface area contributed by atoms with Crippen LogP contribution in [-0.2, 0) is 13.8 Å². The van der Waals surface area contributed by atoms with Crippen molar-refractivity contribution in [3.8, 4) is 0 Å². The van der Waals surface area contributed by atoms with Crippen molar-refractivity contribution in [2.75, 3.05) is 18.9 Å². The number of imide groups is 1. The second-order valence-corrected chi connectivity index (χ2v) is 3.90. The van der Waals surface area contributed by atoms with Crippen LogP contribution in [-0.4, -0.2) is 35.6 Å². The summed E-state index contributed by atoms with van der Waals surface area (Å²) in [6.07, 6.45) is 1.58. The Hall–Kier alpha value is -0.550. The summed E-state index contributed by atoms with van der Waals surface area (Å²) < 4.78 is 5.08. The molecule has 0 aromatic heterocycles. The van der Waals surface area contributed by atoms with Crippen LogP contribution in [0.15, 0.2) is 0 Å². The first-order chi connectivity index (χ1) is 6.75. The lowest BCUT2D eigenvalue weighted by atomic mass is 10.4. The molecule has 0 aliphatic carbocycles. The molecule has 14 heavy (non-hydrogen) atoms. The van der Waals surface area contributed by atoms with E-state index >= 15 is 0 Å². The first kappa shape index (κ1) is 11.5. The van der Waals surface area contributed by atoms with Gasteiger partial charge in [0.2, 0.25) is 11.8 Å². The second-order valence-electron chi connectivity index (χ2n) is 3.02. The fourth-order valence-corrected chi connectivity index (χ4v) is 1.83. The van der Waals surface area contributed by atoms with E-state index in [1.54, 1.807) is 0 Å². The molecule has 2 amide bonds. The lowest BCUT2D eigenvalue weighted by Crippen LogP contribution is -2.30. The first-order valence-electron chi connectivity index (χ1n) is 4.83. The van der Waals surface area contributed by atoms with Gasteiger partial charge in [-0.2, -0.15) is 0 Å². The normalized spacial score (nSPS) is 16.8. The van der Waals surface area contributed by atoms with E-state index in [1.807, 2.05) is 6.92 Å². The number of carbonyl (C=O) groups is 2. The second kappa shape index (κ2) is 6.03. The highest BCUT2D eigenvalue weighted by molar-refractivity contribution is 7.94. The minimum atomic E-state index is -0.0311. The maximum atomic E-state index is 11.2. The van der Waals surface area contributed by atoms with Gasteiger partial charge >= 0.3 is 0 Å². The molecule has 0 N–H and O–H groups in total. The van der Waals surface area contributed by atoms with Crippen LogP contribution in [0.3, 0.4) is 0 Å². The summed E-state index contributed by atoms with van der Waals surface area (Å²) in [5, 5.41) is 0. The molecule has 5 heteroatoms. The van der Waals surface area contributed by atoms with E-state index in [0.717, 1.165) is 12.2 Å². The number of amides is 2. The van der Waals surface area contributed by atoms with E-state index < -0.39 is 0 Å². The van der Waals surface area contributed by atoms with E-state index in [9.17, 15) is 9.59 Å². The molecule has 80 valence electrons. The minimum absolute atomic E-state index is 0.0311. The molecule has 0 bridgehead atoms. The molecule has 0 saturated carbocycles. The smallest absolute Gasteiger partial charge is 0.229 e. The highest BCUT2D eigenvalue weighted by Crippen LogP contribution is 2.13. The largest absolute Gasteiger partial charge is 0.316 e. The molecule has 1 fully saturated rings. The average Bonchev–Trinajstić information content (AvgIpc) is 2.48. The minimum Gasteiger partial charge on any atom is -0.316 e. The van der Waals surface area contributed by atoms with Crippen molar-refractivity contribution in [1.29, 1.82) is 0 Å². The molecule has 1 saturated heterocycles. The average molecular weight is 217 g/mol. The Morgan fingerprint density at radius 3 is 2.57 bits per heavy atom. The van der Waals surface area contributed by atoms with Gasteiger partial charge in [-0.1, -0.05) is 0 Å². The maximum absolute atomic E-state index is 11.2. The molecule has 1 aliphatic heterocycles. The van der Waals surface area contributed by atoms with E-state index in [4.69, 9.17) is 4.18 Å². The molecule has 1 aliphatic rings. The summed E-state index contributed by atoms with van der Waals surface area (Å²) in [4.78, 5) is 23.7. The Labute approximate surface area is 88.2 Å². The fraction of sp³-hybridized carbons (Fsp3) is 0.778. The monoisotopic (exact) mass is 217 g/mol. The van der Waals surface area contributed by atoms with Crippen LogP contribution >= 0.6 is 12.0 Å². The van der Waals surface area contributed by atoms with E-state index in [2.05, 4.69) is 0 Å². The van der Waals surface area contributed by atoms with Crippen LogP contribution in [0.5, 0.6) is 0 Å². The highest BCUT2D eigenvalue weighted by Gasteiger charge is 2.27. The molecule has 0 unspecified atom stereocenters. The number of likely N-dealkylation sites (tertiary alicyclic amines) is 1. The number of nitrogens with zero attached hydrogens (tertiary/aromatic N) is 1.